The van der Waals surface area contributed by atoms with Crippen molar-refractivity contribution in [2.75, 3.05) is 11.9 Å². The summed E-state index contributed by atoms with van der Waals surface area (Å²) >= 11 is 7.47. The number of halogens is 1. The normalized spacial score (nSPS) is 10.9. The van der Waals surface area contributed by atoms with E-state index in [1.807, 2.05) is 26.0 Å². The molecule has 0 aliphatic rings. The molecule has 6 nitrogen and oxygen atoms in total. The highest BCUT2D eigenvalue weighted by molar-refractivity contribution is 7.19. The van der Waals surface area contributed by atoms with E-state index in [2.05, 4.69) is 10.3 Å². The van der Waals surface area contributed by atoms with Crippen LogP contribution in [0.1, 0.15) is 11.8 Å². The Kier molecular flexibility index (Phi) is 6.06. The second-order valence-electron chi connectivity index (χ2n) is 6.90. The fraction of sp³-hybridized carbons (Fsp3) is 0.174. The van der Waals surface area contributed by atoms with Gasteiger partial charge in [-0.1, -0.05) is 23.7 Å². The number of anilines is 1. The van der Waals surface area contributed by atoms with Crippen molar-refractivity contribution in [1.82, 2.24) is 9.55 Å². The minimum atomic E-state index is -0.313. The quantitative estimate of drug-likeness (QED) is 0.439. The molecule has 0 radical (unpaired) electrons. The van der Waals surface area contributed by atoms with Gasteiger partial charge >= 0.3 is 0 Å². The fourth-order valence-electron chi connectivity index (χ4n) is 3.37. The molecule has 0 fully saturated rings. The highest BCUT2D eigenvalue weighted by atomic mass is 35.5. The van der Waals surface area contributed by atoms with Gasteiger partial charge in [0.1, 0.15) is 17.1 Å². The molecular weight excluding hydrogens is 434 g/mol. The van der Waals surface area contributed by atoms with Crippen molar-refractivity contribution in [3.8, 4) is 16.9 Å². The van der Waals surface area contributed by atoms with Gasteiger partial charge in [0.05, 0.1) is 18.3 Å². The molecule has 0 saturated heterocycles. The van der Waals surface area contributed by atoms with Crippen molar-refractivity contribution in [2.45, 2.75) is 20.4 Å². The van der Waals surface area contributed by atoms with Gasteiger partial charge in [-0.25, -0.2) is 4.98 Å². The number of thiophene rings is 1. The van der Waals surface area contributed by atoms with Crippen LogP contribution >= 0.6 is 22.9 Å². The van der Waals surface area contributed by atoms with Crippen molar-refractivity contribution < 1.29 is 9.53 Å². The number of aromatic nitrogens is 2. The van der Waals surface area contributed by atoms with Gasteiger partial charge in [0, 0.05) is 21.2 Å². The van der Waals surface area contributed by atoms with Gasteiger partial charge in [0.2, 0.25) is 5.91 Å². The average Bonchev–Trinajstić information content (AvgIpc) is 3.09. The lowest BCUT2D eigenvalue weighted by atomic mass is 10.0. The number of amides is 1. The highest BCUT2D eigenvalue weighted by Crippen LogP contribution is 2.35. The Morgan fingerprint density at radius 1 is 1.16 bits per heavy atom. The number of nitrogens with zero attached hydrogens (tertiary/aromatic N) is 2. The first-order chi connectivity index (χ1) is 15.0. The Bertz CT molecular complexity index is 1290. The number of benzene rings is 2. The number of rotatable bonds is 6. The molecule has 4 aromatic rings. The molecule has 4 rings (SSSR count). The summed E-state index contributed by atoms with van der Waals surface area (Å²) in [6, 6.07) is 14.4. The van der Waals surface area contributed by atoms with Crippen LogP contribution in [0, 0.1) is 6.92 Å². The van der Waals surface area contributed by atoms with Gasteiger partial charge in [-0.3, -0.25) is 14.2 Å². The van der Waals surface area contributed by atoms with E-state index in [0.29, 0.717) is 27.5 Å². The molecule has 1 N–H and O–H groups in total. The summed E-state index contributed by atoms with van der Waals surface area (Å²) in [6.07, 6.45) is 1.42. The van der Waals surface area contributed by atoms with Crippen molar-refractivity contribution in [3.05, 3.63) is 75.1 Å². The molecule has 0 spiro atoms. The molecular formula is C23H20ClN3O3S. The Hall–Kier alpha value is -3.16. The molecule has 0 aliphatic heterocycles. The molecule has 8 heteroatoms. The number of ether oxygens (including phenoxy) is 1. The summed E-state index contributed by atoms with van der Waals surface area (Å²) in [4.78, 5) is 31.8. The van der Waals surface area contributed by atoms with Gasteiger partial charge < -0.3 is 10.1 Å². The minimum Gasteiger partial charge on any atom is -0.494 e. The first-order valence-corrected chi connectivity index (χ1v) is 10.9. The smallest absolute Gasteiger partial charge is 0.263 e. The predicted octanol–water partition coefficient (Wildman–Crippen LogP) is 5.12. The predicted molar refractivity (Wildman–Crippen MR) is 125 cm³/mol. The molecule has 2 aromatic heterocycles. The van der Waals surface area contributed by atoms with Crippen LogP contribution in [-0.2, 0) is 11.3 Å². The Morgan fingerprint density at radius 3 is 2.55 bits per heavy atom. The van der Waals surface area contributed by atoms with E-state index >= 15 is 0 Å². The fourth-order valence-corrected chi connectivity index (χ4v) is 4.50. The number of aryl methyl sites for hydroxylation is 1. The molecule has 2 aromatic carbocycles. The van der Waals surface area contributed by atoms with Crippen LogP contribution in [0.3, 0.4) is 0 Å². The number of fused-ring (bicyclic) bond motifs is 1. The second kappa shape index (κ2) is 8.91. The molecule has 1 amide bonds. The van der Waals surface area contributed by atoms with E-state index in [1.165, 1.54) is 22.2 Å². The summed E-state index contributed by atoms with van der Waals surface area (Å²) in [5.41, 5.74) is 2.10. The maximum atomic E-state index is 13.2. The topological polar surface area (TPSA) is 73.2 Å². The van der Waals surface area contributed by atoms with Gasteiger partial charge in [0.15, 0.2) is 0 Å². The Labute approximate surface area is 188 Å². The number of hydrogen-bond acceptors (Lipinski definition) is 5. The third-order valence-corrected chi connectivity index (χ3v) is 6.02. The lowest BCUT2D eigenvalue weighted by Crippen LogP contribution is -2.27. The van der Waals surface area contributed by atoms with Crippen molar-refractivity contribution in [1.29, 1.82) is 0 Å². The largest absolute Gasteiger partial charge is 0.494 e. The third-order valence-electron chi connectivity index (χ3n) is 4.75. The SMILES string of the molecule is CCOc1ccc(NC(=O)Cn2cnc3sc(C)c(-c4ccc(Cl)cc4)c3c2=O)cc1. The van der Waals surface area contributed by atoms with E-state index in [9.17, 15) is 9.59 Å². The van der Waals surface area contributed by atoms with E-state index in [1.54, 1.807) is 36.4 Å². The number of carbonyl (C=O) groups excluding carboxylic acids is 1. The molecule has 0 bridgehead atoms. The maximum absolute atomic E-state index is 13.2. The summed E-state index contributed by atoms with van der Waals surface area (Å²) < 4.78 is 6.73. The number of carbonyl (C=O) groups is 1. The molecule has 158 valence electrons. The zero-order chi connectivity index (χ0) is 22.0. The summed E-state index contributed by atoms with van der Waals surface area (Å²) in [5.74, 6) is 0.418. The average molecular weight is 454 g/mol. The zero-order valence-corrected chi connectivity index (χ0v) is 18.6. The van der Waals surface area contributed by atoms with Crippen LogP contribution in [0.2, 0.25) is 5.02 Å². The molecule has 0 aliphatic carbocycles. The molecule has 31 heavy (non-hydrogen) atoms. The summed E-state index contributed by atoms with van der Waals surface area (Å²) in [6.45, 7) is 4.30. The highest BCUT2D eigenvalue weighted by Gasteiger charge is 2.18. The standard InChI is InChI=1S/C23H20ClN3O3S/c1-3-30-18-10-8-17(9-11-18)26-19(28)12-27-13-25-22-21(23(27)29)20(14(2)31-22)15-4-6-16(24)7-5-15/h4-11,13H,3,12H2,1-2H3,(H,26,28). The zero-order valence-electron chi connectivity index (χ0n) is 17.0. The lowest BCUT2D eigenvalue weighted by Gasteiger charge is -2.09. The van der Waals surface area contributed by atoms with Crippen LogP contribution in [0.4, 0.5) is 5.69 Å². The minimum absolute atomic E-state index is 0.135. The number of nitrogens with one attached hydrogen (secondary N) is 1. The van der Waals surface area contributed by atoms with E-state index < -0.39 is 0 Å². The number of hydrogen-bond donors (Lipinski definition) is 1. The molecule has 0 saturated carbocycles. The maximum Gasteiger partial charge on any atom is 0.263 e. The first-order valence-electron chi connectivity index (χ1n) is 9.73. The van der Waals surface area contributed by atoms with Crippen LogP contribution < -0.4 is 15.6 Å². The van der Waals surface area contributed by atoms with Gasteiger partial charge in [-0.05, 0) is 55.8 Å². The second-order valence-corrected chi connectivity index (χ2v) is 8.54. The van der Waals surface area contributed by atoms with Crippen molar-refractivity contribution in [3.63, 3.8) is 0 Å². The lowest BCUT2D eigenvalue weighted by molar-refractivity contribution is -0.116. The van der Waals surface area contributed by atoms with E-state index in [-0.39, 0.29) is 18.0 Å². The molecule has 0 atom stereocenters. The summed E-state index contributed by atoms with van der Waals surface area (Å²) in [7, 11) is 0. The van der Waals surface area contributed by atoms with Crippen LogP contribution in [0.25, 0.3) is 21.3 Å². The monoisotopic (exact) mass is 453 g/mol. The van der Waals surface area contributed by atoms with Gasteiger partial charge in [-0.2, -0.15) is 0 Å². The van der Waals surface area contributed by atoms with Gasteiger partial charge in [-0.15, -0.1) is 11.3 Å². The van der Waals surface area contributed by atoms with E-state index in [0.717, 1.165) is 21.8 Å². The van der Waals surface area contributed by atoms with Crippen molar-refractivity contribution >= 4 is 44.7 Å². The Morgan fingerprint density at radius 2 is 1.87 bits per heavy atom. The van der Waals surface area contributed by atoms with Crippen molar-refractivity contribution in [2.24, 2.45) is 0 Å². The van der Waals surface area contributed by atoms with Crippen LogP contribution in [0.15, 0.2) is 59.7 Å². The third kappa shape index (κ3) is 4.47. The van der Waals surface area contributed by atoms with E-state index in [4.69, 9.17) is 16.3 Å². The molecule has 2 heterocycles. The first kappa shape index (κ1) is 21.1. The van der Waals surface area contributed by atoms with Crippen LogP contribution in [0.5, 0.6) is 5.75 Å². The Balaban J connectivity index is 1.62. The van der Waals surface area contributed by atoms with Crippen LogP contribution in [-0.4, -0.2) is 22.1 Å². The van der Waals surface area contributed by atoms with Gasteiger partial charge in [0.25, 0.3) is 5.56 Å². The summed E-state index contributed by atoms with van der Waals surface area (Å²) in [5, 5.41) is 3.94. The molecule has 0 unspecified atom stereocenters.